The molecule has 0 aliphatic carbocycles. The second-order valence-corrected chi connectivity index (χ2v) is 5.66. The number of aliphatic hydroxyl groups is 1. The molecule has 22 heavy (non-hydrogen) atoms. The van der Waals surface area contributed by atoms with E-state index in [0.717, 1.165) is 0 Å². The van der Waals surface area contributed by atoms with Crippen molar-refractivity contribution in [3.05, 3.63) is 41.0 Å². The molecule has 0 unspecified atom stereocenters. The first-order valence-corrected chi connectivity index (χ1v) is 7.67. The van der Waals surface area contributed by atoms with Crippen LogP contribution in [0.3, 0.4) is 0 Å². The summed E-state index contributed by atoms with van der Waals surface area (Å²) in [7, 11) is 0. The van der Waals surface area contributed by atoms with Crippen LogP contribution in [0.2, 0.25) is 5.02 Å². The van der Waals surface area contributed by atoms with Crippen LogP contribution >= 0.6 is 11.6 Å². The van der Waals surface area contributed by atoms with Crippen molar-refractivity contribution in [1.82, 2.24) is 15.5 Å². The van der Waals surface area contributed by atoms with E-state index in [1.165, 1.54) is 6.20 Å². The second-order valence-electron chi connectivity index (χ2n) is 5.25. The first-order valence-electron chi connectivity index (χ1n) is 7.29. The van der Waals surface area contributed by atoms with Gasteiger partial charge in [0.2, 0.25) is 0 Å². The highest BCUT2D eigenvalue weighted by molar-refractivity contribution is 6.33. The van der Waals surface area contributed by atoms with Gasteiger partial charge in [0.15, 0.2) is 0 Å². The molecule has 5 nitrogen and oxygen atoms in total. The maximum Gasteiger partial charge on any atom is 0.255 e. The molecule has 0 atom stereocenters. The maximum absolute atomic E-state index is 12.4. The number of H-pyrrole nitrogens is 1. The number of carbonyl (C=O) groups is 1. The van der Waals surface area contributed by atoms with E-state index in [-0.39, 0.29) is 12.5 Å². The largest absolute Gasteiger partial charge is 0.388 e. The van der Waals surface area contributed by atoms with Gasteiger partial charge in [0, 0.05) is 17.1 Å². The van der Waals surface area contributed by atoms with Crippen molar-refractivity contribution < 1.29 is 9.90 Å². The first-order chi connectivity index (χ1) is 10.5. The van der Waals surface area contributed by atoms with E-state index >= 15 is 0 Å². The van der Waals surface area contributed by atoms with E-state index < -0.39 is 5.60 Å². The molecule has 0 aliphatic heterocycles. The standard InChI is InChI=1S/C16H20ClN3O2/c1-3-16(22,4-2)10-18-15(21)12-9-19-20-14(12)11-7-5-6-8-13(11)17/h5-9,22H,3-4,10H2,1-2H3,(H,18,21)(H,19,20). The van der Waals surface area contributed by atoms with Crippen LogP contribution in [0, 0.1) is 0 Å². The van der Waals surface area contributed by atoms with E-state index in [2.05, 4.69) is 15.5 Å². The molecule has 118 valence electrons. The molecule has 6 heteroatoms. The zero-order chi connectivity index (χ0) is 16.2. The fourth-order valence-corrected chi connectivity index (χ4v) is 2.40. The number of hydrogen-bond donors (Lipinski definition) is 3. The molecular formula is C16H20ClN3O2. The van der Waals surface area contributed by atoms with Crippen molar-refractivity contribution in [3.8, 4) is 11.3 Å². The number of amides is 1. The van der Waals surface area contributed by atoms with Gasteiger partial charge in [-0.25, -0.2) is 0 Å². The molecule has 0 radical (unpaired) electrons. The highest BCUT2D eigenvalue weighted by Gasteiger charge is 2.24. The molecular weight excluding hydrogens is 302 g/mol. The van der Waals surface area contributed by atoms with Gasteiger partial charge in [0.05, 0.1) is 23.1 Å². The minimum absolute atomic E-state index is 0.200. The fraction of sp³-hybridized carbons (Fsp3) is 0.375. The van der Waals surface area contributed by atoms with Gasteiger partial charge in [0.25, 0.3) is 5.91 Å². The second kappa shape index (κ2) is 6.94. The van der Waals surface area contributed by atoms with Crippen molar-refractivity contribution >= 4 is 17.5 Å². The van der Waals surface area contributed by atoms with E-state index in [1.807, 2.05) is 32.0 Å². The van der Waals surface area contributed by atoms with Crippen LogP contribution in [0.25, 0.3) is 11.3 Å². The lowest BCUT2D eigenvalue weighted by molar-refractivity contribution is 0.0314. The molecule has 1 aromatic carbocycles. The highest BCUT2D eigenvalue weighted by Crippen LogP contribution is 2.28. The number of aromatic nitrogens is 2. The van der Waals surface area contributed by atoms with Gasteiger partial charge < -0.3 is 10.4 Å². The lowest BCUT2D eigenvalue weighted by atomic mass is 9.97. The van der Waals surface area contributed by atoms with Crippen LogP contribution in [0.5, 0.6) is 0 Å². The zero-order valence-corrected chi connectivity index (χ0v) is 13.4. The van der Waals surface area contributed by atoms with Gasteiger partial charge in [0.1, 0.15) is 0 Å². The van der Waals surface area contributed by atoms with E-state index in [1.54, 1.807) is 6.07 Å². The minimum Gasteiger partial charge on any atom is -0.388 e. The van der Waals surface area contributed by atoms with Crippen molar-refractivity contribution in [1.29, 1.82) is 0 Å². The number of halogens is 1. The van der Waals surface area contributed by atoms with Crippen molar-refractivity contribution in [3.63, 3.8) is 0 Å². The summed E-state index contributed by atoms with van der Waals surface area (Å²) < 4.78 is 0. The molecule has 1 amide bonds. The number of rotatable bonds is 6. The Hall–Kier alpha value is -1.85. The van der Waals surface area contributed by atoms with Crippen molar-refractivity contribution in [2.45, 2.75) is 32.3 Å². The molecule has 0 saturated heterocycles. The van der Waals surface area contributed by atoms with Crippen LogP contribution < -0.4 is 5.32 Å². The third-order valence-corrected chi connectivity index (χ3v) is 4.25. The Morgan fingerprint density at radius 3 is 2.68 bits per heavy atom. The van der Waals surface area contributed by atoms with Crippen LogP contribution in [0.15, 0.2) is 30.5 Å². The summed E-state index contributed by atoms with van der Waals surface area (Å²) in [4.78, 5) is 12.4. The number of carbonyl (C=O) groups excluding carboxylic acids is 1. The van der Waals surface area contributed by atoms with Crippen LogP contribution in [0.1, 0.15) is 37.0 Å². The fourth-order valence-electron chi connectivity index (χ4n) is 2.17. The zero-order valence-electron chi connectivity index (χ0n) is 12.7. The Bertz CT molecular complexity index is 650. The Labute approximate surface area is 134 Å². The van der Waals surface area contributed by atoms with Gasteiger partial charge >= 0.3 is 0 Å². The summed E-state index contributed by atoms with van der Waals surface area (Å²) in [6.45, 7) is 3.98. The van der Waals surface area contributed by atoms with E-state index in [9.17, 15) is 9.90 Å². The molecule has 2 aromatic rings. The maximum atomic E-state index is 12.4. The summed E-state index contributed by atoms with van der Waals surface area (Å²) in [5, 5.41) is 20.3. The average Bonchev–Trinajstić information content (AvgIpc) is 3.02. The van der Waals surface area contributed by atoms with Gasteiger partial charge in [-0.2, -0.15) is 5.10 Å². The molecule has 1 heterocycles. The van der Waals surface area contributed by atoms with Gasteiger partial charge in [-0.1, -0.05) is 43.6 Å². The Kier molecular flexibility index (Phi) is 5.21. The summed E-state index contributed by atoms with van der Waals surface area (Å²) in [5.41, 5.74) is 0.805. The summed E-state index contributed by atoms with van der Waals surface area (Å²) in [6.07, 6.45) is 2.62. The number of aromatic amines is 1. The normalized spacial score (nSPS) is 11.5. The molecule has 2 rings (SSSR count). The molecule has 0 saturated carbocycles. The molecule has 1 aromatic heterocycles. The molecule has 3 N–H and O–H groups in total. The smallest absolute Gasteiger partial charge is 0.255 e. The molecule has 0 fully saturated rings. The highest BCUT2D eigenvalue weighted by atomic mass is 35.5. The van der Waals surface area contributed by atoms with E-state index in [0.29, 0.717) is 34.7 Å². The molecule has 0 aliphatic rings. The number of nitrogens with one attached hydrogen (secondary N) is 2. The van der Waals surface area contributed by atoms with Crippen molar-refractivity contribution in [2.75, 3.05) is 6.54 Å². The number of hydrogen-bond acceptors (Lipinski definition) is 3. The van der Waals surface area contributed by atoms with Crippen LogP contribution in [0.4, 0.5) is 0 Å². The third-order valence-electron chi connectivity index (χ3n) is 3.92. The van der Waals surface area contributed by atoms with Gasteiger partial charge in [-0.15, -0.1) is 0 Å². The predicted molar refractivity (Wildman–Crippen MR) is 86.9 cm³/mol. The van der Waals surface area contributed by atoms with Crippen molar-refractivity contribution in [2.24, 2.45) is 0 Å². The lowest BCUT2D eigenvalue weighted by Gasteiger charge is -2.25. The minimum atomic E-state index is -0.885. The summed E-state index contributed by atoms with van der Waals surface area (Å²) in [6, 6.07) is 7.24. The quantitative estimate of drug-likeness (QED) is 0.765. The lowest BCUT2D eigenvalue weighted by Crippen LogP contribution is -2.42. The van der Waals surface area contributed by atoms with Crippen LogP contribution in [-0.4, -0.2) is 33.4 Å². The Morgan fingerprint density at radius 1 is 1.36 bits per heavy atom. The Morgan fingerprint density at radius 2 is 2.05 bits per heavy atom. The molecule has 0 spiro atoms. The number of benzene rings is 1. The first kappa shape index (κ1) is 16.5. The average molecular weight is 322 g/mol. The SMILES string of the molecule is CCC(O)(CC)CNC(=O)c1cn[nH]c1-c1ccccc1Cl. The summed E-state index contributed by atoms with van der Waals surface area (Å²) >= 11 is 6.17. The molecule has 0 bridgehead atoms. The van der Waals surface area contributed by atoms with Gasteiger partial charge in [-0.05, 0) is 18.9 Å². The number of nitrogens with zero attached hydrogens (tertiary/aromatic N) is 1. The van der Waals surface area contributed by atoms with Gasteiger partial charge in [-0.3, -0.25) is 9.89 Å². The third kappa shape index (κ3) is 3.48. The predicted octanol–water partition coefficient (Wildman–Crippen LogP) is 3.01. The monoisotopic (exact) mass is 321 g/mol. The van der Waals surface area contributed by atoms with E-state index in [4.69, 9.17) is 11.6 Å². The topological polar surface area (TPSA) is 78.0 Å². The Balaban J connectivity index is 2.19. The summed E-state index contributed by atoms with van der Waals surface area (Å²) in [5.74, 6) is -0.288. The van der Waals surface area contributed by atoms with Crippen LogP contribution in [-0.2, 0) is 0 Å².